The second kappa shape index (κ2) is 6.11. The summed E-state index contributed by atoms with van der Waals surface area (Å²) < 4.78 is 13.9. The number of hydrogen-bond acceptors (Lipinski definition) is 1. The molecule has 0 saturated carbocycles. The summed E-state index contributed by atoms with van der Waals surface area (Å²) in [6.45, 7) is 1.99. The molecule has 0 aliphatic rings. The highest BCUT2D eigenvalue weighted by Crippen LogP contribution is 2.19. The molecular formula is C16H14BrFO. The summed E-state index contributed by atoms with van der Waals surface area (Å²) in [6.07, 6.45) is 0.627. The quantitative estimate of drug-likeness (QED) is 0.823. The molecule has 0 radical (unpaired) electrons. The van der Waals surface area contributed by atoms with Crippen LogP contribution >= 0.6 is 15.9 Å². The second-order valence-electron chi connectivity index (χ2n) is 4.55. The average Bonchev–Trinajstić information content (AvgIpc) is 2.37. The standard InChI is InChI=1S/C16H14BrFO/c1-11-4-2-3-5-12(11)9-15(19)10-13-8-14(18)6-7-16(13)17/h2-8H,9-10H2,1H3. The Labute approximate surface area is 120 Å². The van der Waals surface area contributed by atoms with E-state index in [0.29, 0.717) is 12.0 Å². The summed E-state index contributed by atoms with van der Waals surface area (Å²) >= 11 is 3.34. The molecule has 0 spiro atoms. The van der Waals surface area contributed by atoms with Crippen molar-refractivity contribution in [2.45, 2.75) is 19.8 Å². The summed E-state index contributed by atoms with van der Waals surface area (Å²) in [7, 11) is 0. The summed E-state index contributed by atoms with van der Waals surface area (Å²) in [5.41, 5.74) is 2.83. The lowest BCUT2D eigenvalue weighted by Crippen LogP contribution is -2.08. The first kappa shape index (κ1) is 13.9. The molecule has 98 valence electrons. The second-order valence-corrected chi connectivity index (χ2v) is 5.41. The highest BCUT2D eigenvalue weighted by atomic mass is 79.9. The van der Waals surface area contributed by atoms with Crippen LogP contribution in [-0.4, -0.2) is 5.78 Å². The molecule has 0 N–H and O–H groups in total. The van der Waals surface area contributed by atoms with Crippen molar-refractivity contribution in [2.75, 3.05) is 0 Å². The zero-order valence-electron chi connectivity index (χ0n) is 10.6. The van der Waals surface area contributed by atoms with E-state index in [4.69, 9.17) is 0 Å². The van der Waals surface area contributed by atoms with Gasteiger partial charge in [0.15, 0.2) is 0 Å². The number of ketones is 1. The molecule has 0 atom stereocenters. The maximum absolute atomic E-state index is 13.2. The lowest BCUT2D eigenvalue weighted by atomic mass is 9.99. The van der Waals surface area contributed by atoms with Crippen LogP contribution in [0.2, 0.25) is 0 Å². The Kier molecular flexibility index (Phi) is 4.48. The van der Waals surface area contributed by atoms with Crippen molar-refractivity contribution in [1.82, 2.24) is 0 Å². The molecule has 19 heavy (non-hydrogen) atoms. The van der Waals surface area contributed by atoms with Crippen LogP contribution in [0.3, 0.4) is 0 Å². The van der Waals surface area contributed by atoms with E-state index in [9.17, 15) is 9.18 Å². The summed E-state index contributed by atoms with van der Waals surface area (Å²) in [6, 6.07) is 12.2. The van der Waals surface area contributed by atoms with Gasteiger partial charge in [0, 0.05) is 17.3 Å². The molecule has 2 aromatic carbocycles. The zero-order chi connectivity index (χ0) is 13.8. The van der Waals surface area contributed by atoms with Crippen LogP contribution < -0.4 is 0 Å². The van der Waals surface area contributed by atoms with Crippen molar-refractivity contribution < 1.29 is 9.18 Å². The molecule has 0 saturated heterocycles. The fourth-order valence-electron chi connectivity index (χ4n) is 1.97. The van der Waals surface area contributed by atoms with E-state index in [1.165, 1.54) is 12.1 Å². The fraction of sp³-hybridized carbons (Fsp3) is 0.188. The van der Waals surface area contributed by atoms with Gasteiger partial charge in [0.05, 0.1) is 0 Å². The Hall–Kier alpha value is -1.48. The Bertz CT molecular complexity index is 607. The van der Waals surface area contributed by atoms with Gasteiger partial charge in [-0.05, 0) is 41.8 Å². The van der Waals surface area contributed by atoms with Crippen LogP contribution in [0.4, 0.5) is 4.39 Å². The topological polar surface area (TPSA) is 17.1 Å². The number of Topliss-reactive ketones (excluding diaryl/α,β-unsaturated/α-hetero) is 1. The predicted molar refractivity (Wildman–Crippen MR) is 77.7 cm³/mol. The fourth-order valence-corrected chi connectivity index (χ4v) is 2.36. The van der Waals surface area contributed by atoms with Crippen LogP contribution in [0.1, 0.15) is 16.7 Å². The molecule has 0 heterocycles. The zero-order valence-corrected chi connectivity index (χ0v) is 12.2. The molecule has 2 aromatic rings. The first-order valence-electron chi connectivity index (χ1n) is 6.06. The lowest BCUT2D eigenvalue weighted by Gasteiger charge is -2.06. The molecule has 0 aliphatic heterocycles. The minimum atomic E-state index is -0.318. The number of halogens is 2. The number of aryl methyl sites for hydroxylation is 1. The number of carbonyl (C=O) groups excluding carboxylic acids is 1. The smallest absolute Gasteiger partial charge is 0.141 e. The molecule has 0 unspecified atom stereocenters. The molecule has 0 amide bonds. The normalized spacial score (nSPS) is 10.5. The van der Waals surface area contributed by atoms with Crippen LogP contribution in [0.25, 0.3) is 0 Å². The van der Waals surface area contributed by atoms with Crippen molar-refractivity contribution in [2.24, 2.45) is 0 Å². The molecule has 1 nitrogen and oxygen atoms in total. The molecule has 0 fully saturated rings. The largest absolute Gasteiger partial charge is 0.299 e. The Morgan fingerprint density at radius 2 is 1.79 bits per heavy atom. The van der Waals surface area contributed by atoms with Gasteiger partial charge in [-0.2, -0.15) is 0 Å². The van der Waals surface area contributed by atoms with Gasteiger partial charge in [0.1, 0.15) is 11.6 Å². The number of hydrogen-bond donors (Lipinski definition) is 0. The monoisotopic (exact) mass is 320 g/mol. The van der Waals surface area contributed by atoms with Crippen molar-refractivity contribution in [3.63, 3.8) is 0 Å². The van der Waals surface area contributed by atoms with E-state index >= 15 is 0 Å². The van der Waals surface area contributed by atoms with Gasteiger partial charge in [0.25, 0.3) is 0 Å². The van der Waals surface area contributed by atoms with Crippen molar-refractivity contribution in [1.29, 1.82) is 0 Å². The van der Waals surface area contributed by atoms with Crippen LogP contribution in [0.15, 0.2) is 46.9 Å². The van der Waals surface area contributed by atoms with Gasteiger partial charge < -0.3 is 0 Å². The number of rotatable bonds is 4. The lowest BCUT2D eigenvalue weighted by molar-refractivity contribution is -0.117. The van der Waals surface area contributed by atoms with Crippen LogP contribution in [-0.2, 0) is 17.6 Å². The molecule has 3 heteroatoms. The van der Waals surface area contributed by atoms with Crippen LogP contribution in [0.5, 0.6) is 0 Å². The minimum absolute atomic E-state index is 0.0839. The van der Waals surface area contributed by atoms with Gasteiger partial charge in [-0.1, -0.05) is 40.2 Å². The Morgan fingerprint density at radius 1 is 1.11 bits per heavy atom. The summed E-state index contributed by atoms with van der Waals surface area (Å²) in [4.78, 5) is 12.1. The summed E-state index contributed by atoms with van der Waals surface area (Å²) in [5.74, 6) is -0.234. The van der Waals surface area contributed by atoms with Gasteiger partial charge in [-0.3, -0.25) is 4.79 Å². The predicted octanol–water partition coefficient (Wildman–Crippen LogP) is 4.25. The minimum Gasteiger partial charge on any atom is -0.299 e. The van der Waals surface area contributed by atoms with E-state index in [1.807, 2.05) is 31.2 Å². The van der Waals surface area contributed by atoms with E-state index in [0.717, 1.165) is 15.6 Å². The van der Waals surface area contributed by atoms with E-state index in [1.54, 1.807) is 6.07 Å². The average molecular weight is 321 g/mol. The SMILES string of the molecule is Cc1ccccc1CC(=O)Cc1cc(F)ccc1Br. The first-order valence-corrected chi connectivity index (χ1v) is 6.85. The van der Waals surface area contributed by atoms with Gasteiger partial charge in [-0.25, -0.2) is 4.39 Å². The van der Waals surface area contributed by atoms with Crippen molar-refractivity contribution in [3.8, 4) is 0 Å². The maximum atomic E-state index is 13.2. The molecule has 0 bridgehead atoms. The molecular weight excluding hydrogens is 307 g/mol. The molecule has 2 rings (SSSR count). The highest BCUT2D eigenvalue weighted by Gasteiger charge is 2.10. The molecule has 0 aliphatic carbocycles. The Balaban J connectivity index is 2.10. The van der Waals surface area contributed by atoms with Crippen molar-refractivity contribution in [3.05, 3.63) is 69.4 Å². The van der Waals surface area contributed by atoms with E-state index in [2.05, 4.69) is 15.9 Å². The van der Waals surface area contributed by atoms with Gasteiger partial charge in [-0.15, -0.1) is 0 Å². The third kappa shape index (κ3) is 3.74. The number of carbonyl (C=O) groups is 1. The Morgan fingerprint density at radius 3 is 2.53 bits per heavy atom. The maximum Gasteiger partial charge on any atom is 0.141 e. The molecule has 0 aromatic heterocycles. The van der Waals surface area contributed by atoms with Crippen LogP contribution in [0, 0.1) is 12.7 Å². The summed E-state index contributed by atoms with van der Waals surface area (Å²) in [5, 5.41) is 0. The van der Waals surface area contributed by atoms with Crippen molar-refractivity contribution >= 4 is 21.7 Å². The number of benzene rings is 2. The van der Waals surface area contributed by atoms with E-state index in [-0.39, 0.29) is 18.0 Å². The van der Waals surface area contributed by atoms with E-state index < -0.39 is 0 Å². The highest BCUT2D eigenvalue weighted by molar-refractivity contribution is 9.10. The first-order chi connectivity index (χ1) is 9.06. The third-order valence-electron chi connectivity index (χ3n) is 3.04. The van der Waals surface area contributed by atoms with Gasteiger partial charge in [0.2, 0.25) is 0 Å². The third-order valence-corrected chi connectivity index (χ3v) is 3.82. The van der Waals surface area contributed by atoms with Gasteiger partial charge >= 0.3 is 0 Å².